The highest BCUT2D eigenvalue weighted by Crippen LogP contribution is 2.26. The van der Waals surface area contributed by atoms with Crippen molar-refractivity contribution >= 4 is 0 Å². The third-order valence-corrected chi connectivity index (χ3v) is 3.88. The Morgan fingerprint density at radius 2 is 2.12 bits per heavy atom. The first-order chi connectivity index (χ1) is 8.24. The lowest BCUT2D eigenvalue weighted by molar-refractivity contribution is 0.163. The zero-order chi connectivity index (χ0) is 12.5. The molecular formula is C14H30N2O. The Balaban J connectivity index is 2.02. The van der Waals surface area contributed by atoms with Gasteiger partial charge in [-0.05, 0) is 38.8 Å². The molecule has 0 aromatic rings. The number of nitrogens with one attached hydrogen (secondary N) is 1. The van der Waals surface area contributed by atoms with Crippen LogP contribution >= 0.6 is 0 Å². The van der Waals surface area contributed by atoms with Crippen molar-refractivity contribution in [1.29, 1.82) is 0 Å². The molecule has 2 atom stereocenters. The van der Waals surface area contributed by atoms with Crippen molar-refractivity contribution in [2.45, 2.75) is 45.1 Å². The fourth-order valence-electron chi connectivity index (χ4n) is 2.71. The van der Waals surface area contributed by atoms with Crippen LogP contribution in [-0.4, -0.2) is 51.3 Å². The SMILES string of the molecule is COCCCNCCN(C)C1CCCC(C)C1. The van der Waals surface area contributed by atoms with Crippen molar-refractivity contribution < 1.29 is 4.74 Å². The van der Waals surface area contributed by atoms with E-state index in [2.05, 4.69) is 24.2 Å². The summed E-state index contributed by atoms with van der Waals surface area (Å²) < 4.78 is 5.03. The molecule has 0 amide bonds. The van der Waals surface area contributed by atoms with Gasteiger partial charge in [0.1, 0.15) is 0 Å². The molecule has 1 rings (SSSR count). The van der Waals surface area contributed by atoms with E-state index in [0.29, 0.717) is 0 Å². The van der Waals surface area contributed by atoms with Gasteiger partial charge in [-0.1, -0.05) is 19.8 Å². The van der Waals surface area contributed by atoms with Gasteiger partial charge in [0.15, 0.2) is 0 Å². The van der Waals surface area contributed by atoms with Gasteiger partial charge >= 0.3 is 0 Å². The molecule has 0 aromatic carbocycles. The number of methoxy groups -OCH3 is 1. The van der Waals surface area contributed by atoms with Crippen LogP contribution in [0.1, 0.15) is 39.0 Å². The van der Waals surface area contributed by atoms with Crippen molar-refractivity contribution in [3.05, 3.63) is 0 Å². The fraction of sp³-hybridized carbons (Fsp3) is 1.00. The number of ether oxygens (including phenoxy) is 1. The minimum absolute atomic E-state index is 0.819. The minimum atomic E-state index is 0.819. The molecule has 3 nitrogen and oxygen atoms in total. The molecule has 0 spiro atoms. The second-order valence-corrected chi connectivity index (χ2v) is 5.50. The Bertz CT molecular complexity index is 187. The predicted molar refractivity (Wildman–Crippen MR) is 73.4 cm³/mol. The fourth-order valence-corrected chi connectivity index (χ4v) is 2.71. The van der Waals surface area contributed by atoms with E-state index in [1.165, 1.54) is 32.2 Å². The summed E-state index contributed by atoms with van der Waals surface area (Å²) in [6.07, 6.45) is 6.74. The third kappa shape index (κ3) is 6.39. The van der Waals surface area contributed by atoms with Gasteiger partial charge in [-0.25, -0.2) is 0 Å². The lowest BCUT2D eigenvalue weighted by atomic mass is 9.86. The maximum atomic E-state index is 5.03. The molecule has 1 saturated carbocycles. The summed E-state index contributed by atoms with van der Waals surface area (Å²) in [5.41, 5.74) is 0. The Hall–Kier alpha value is -0.120. The quantitative estimate of drug-likeness (QED) is 0.660. The number of rotatable bonds is 8. The molecule has 3 heteroatoms. The topological polar surface area (TPSA) is 24.5 Å². The zero-order valence-electron chi connectivity index (χ0n) is 11.9. The summed E-state index contributed by atoms with van der Waals surface area (Å²) in [4.78, 5) is 2.54. The Labute approximate surface area is 107 Å². The lowest BCUT2D eigenvalue weighted by Gasteiger charge is -2.34. The van der Waals surface area contributed by atoms with Gasteiger partial charge < -0.3 is 15.0 Å². The summed E-state index contributed by atoms with van der Waals surface area (Å²) in [7, 11) is 4.04. The molecular weight excluding hydrogens is 212 g/mol. The van der Waals surface area contributed by atoms with E-state index < -0.39 is 0 Å². The van der Waals surface area contributed by atoms with Crippen molar-refractivity contribution in [2.75, 3.05) is 40.4 Å². The molecule has 0 saturated heterocycles. The summed E-state index contributed by atoms with van der Waals surface area (Å²) in [6.45, 7) is 6.60. The normalized spacial score (nSPS) is 25.4. The molecule has 1 aliphatic rings. The van der Waals surface area contributed by atoms with Gasteiger partial charge in [0.2, 0.25) is 0 Å². The molecule has 0 heterocycles. The van der Waals surface area contributed by atoms with Crippen LogP contribution in [0.15, 0.2) is 0 Å². The second kappa shape index (κ2) is 8.90. The average molecular weight is 242 g/mol. The molecule has 0 aromatic heterocycles. The highest BCUT2D eigenvalue weighted by molar-refractivity contribution is 4.77. The van der Waals surface area contributed by atoms with Crippen molar-refractivity contribution in [2.24, 2.45) is 5.92 Å². The van der Waals surface area contributed by atoms with Crippen LogP contribution in [0.2, 0.25) is 0 Å². The van der Waals surface area contributed by atoms with Gasteiger partial charge in [0.25, 0.3) is 0 Å². The molecule has 0 radical (unpaired) electrons. The highest BCUT2D eigenvalue weighted by atomic mass is 16.5. The Morgan fingerprint density at radius 3 is 2.82 bits per heavy atom. The first-order valence-corrected chi connectivity index (χ1v) is 7.14. The Kier molecular flexibility index (Phi) is 7.82. The molecule has 1 aliphatic carbocycles. The number of nitrogens with zero attached hydrogens (tertiary/aromatic N) is 1. The summed E-state index contributed by atoms with van der Waals surface area (Å²) in [5, 5.41) is 3.48. The maximum Gasteiger partial charge on any atom is 0.0474 e. The van der Waals surface area contributed by atoms with Crippen molar-refractivity contribution in [1.82, 2.24) is 10.2 Å². The van der Waals surface area contributed by atoms with Crippen molar-refractivity contribution in [3.8, 4) is 0 Å². The first-order valence-electron chi connectivity index (χ1n) is 7.14. The summed E-state index contributed by atoms with van der Waals surface area (Å²) in [6, 6.07) is 0.819. The summed E-state index contributed by atoms with van der Waals surface area (Å²) in [5.74, 6) is 0.922. The van der Waals surface area contributed by atoms with Crippen LogP contribution in [0, 0.1) is 5.92 Å². The largest absolute Gasteiger partial charge is 0.385 e. The highest BCUT2D eigenvalue weighted by Gasteiger charge is 2.21. The molecule has 0 bridgehead atoms. The molecule has 0 aliphatic heterocycles. The minimum Gasteiger partial charge on any atom is -0.385 e. The molecule has 1 fully saturated rings. The van der Waals surface area contributed by atoms with Crippen LogP contribution in [0.5, 0.6) is 0 Å². The van der Waals surface area contributed by atoms with Gasteiger partial charge in [-0.3, -0.25) is 0 Å². The van der Waals surface area contributed by atoms with Crippen LogP contribution < -0.4 is 5.32 Å². The number of hydrogen-bond donors (Lipinski definition) is 1. The third-order valence-electron chi connectivity index (χ3n) is 3.88. The van der Waals surface area contributed by atoms with Gasteiger partial charge in [-0.2, -0.15) is 0 Å². The second-order valence-electron chi connectivity index (χ2n) is 5.50. The average Bonchev–Trinajstić information content (AvgIpc) is 2.33. The smallest absolute Gasteiger partial charge is 0.0474 e. The van der Waals surface area contributed by atoms with Gasteiger partial charge in [0.05, 0.1) is 0 Å². The van der Waals surface area contributed by atoms with Crippen LogP contribution in [0.3, 0.4) is 0 Å². The van der Waals surface area contributed by atoms with E-state index in [9.17, 15) is 0 Å². The van der Waals surface area contributed by atoms with E-state index in [-0.39, 0.29) is 0 Å². The predicted octanol–water partition coefficient (Wildman–Crippen LogP) is 2.12. The lowest BCUT2D eigenvalue weighted by Crippen LogP contribution is -2.39. The molecule has 1 N–H and O–H groups in total. The summed E-state index contributed by atoms with van der Waals surface area (Å²) >= 11 is 0. The maximum absolute atomic E-state index is 5.03. The van der Waals surface area contributed by atoms with E-state index in [0.717, 1.165) is 38.1 Å². The van der Waals surface area contributed by atoms with Gasteiger partial charge in [0, 0.05) is 32.8 Å². The zero-order valence-corrected chi connectivity index (χ0v) is 11.9. The number of hydrogen-bond acceptors (Lipinski definition) is 3. The molecule has 17 heavy (non-hydrogen) atoms. The Morgan fingerprint density at radius 1 is 1.29 bits per heavy atom. The number of likely N-dealkylation sites (N-methyl/N-ethyl adjacent to an activating group) is 1. The van der Waals surface area contributed by atoms with E-state index in [1.54, 1.807) is 7.11 Å². The molecule has 2 unspecified atom stereocenters. The van der Waals surface area contributed by atoms with Crippen LogP contribution in [0.25, 0.3) is 0 Å². The first kappa shape index (κ1) is 14.9. The van der Waals surface area contributed by atoms with Gasteiger partial charge in [-0.15, -0.1) is 0 Å². The van der Waals surface area contributed by atoms with Crippen LogP contribution in [0.4, 0.5) is 0 Å². The van der Waals surface area contributed by atoms with E-state index in [1.807, 2.05) is 0 Å². The van der Waals surface area contributed by atoms with E-state index >= 15 is 0 Å². The van der Waals surface area contributed by atoms with Crippen LogP contribution in [-0.2, 0) is 4.74 Å². The van der Waals surface area contributed by atoms with E-state index in [4.69, 9.17) is 4.74 Å². The van der Waals surface area contributed by atoms with Crippen molar-refractivity contribution in [3.63, 3.8) is 0 Å². The standard InChI is InChI=1S/C14H30N2O/c1-13-6-4-7-14(12-13)16(2)10-9-15-8-5-11-17-3/h13-15H,4-12H2,1-3H3. The molecule has 102 valence electrons. The monoisotopic (exact) mass is 242 g/mol.